The Morgan fingerprint density at radius 1 is 1.43 bits per heavy atom. The third-order valence-corrected chi connectivity index (χ3v) is 2.88. The number of benzene rings is 1. The minimum absolute atomic E-state index is 0.0958. The third kappa shape index (κ3) is 2.83. The number of rotatable bonds is 3. The first-order chi connectivity index (χ1) is 9.93. The Morgan fingerprint density at radius 2 is 2.14 bits per heavy atom. The molecule has 0 aliphatic heterocycles. The van der Waals surface area contributed by atoms with Crippen LogP contribution in [0.25, 0.3) is 0 Å². The summed E-state index contributed by atoms with van der Waals surface area (Å²) in [5.41, 5.74) is 4.48. The van der Waals surface area contributed by atoms with Gasteiger partial charge in [-0.25, -0.2) is 9.59 Å². The molecule has 110 valence electrons. The van der Waals surface area contributed by atoms with Gasteiger partial charge in [0.2, 0.25) is 5.82 Å². The minimum Gasteiger partial charge on any atom is -0.465 e. The topological polar surface area (TPSA) is 107 Å². The molecule has 2 aromatic rings. The average Bonchev–Trinajstić information content (AvgIpc) is 2.44. The second-order valence-corrected chi connectivity index (χ2v) is 4.24. The van der Waals surface area contributed by atoms with Crippen LogP contribution in [0.1, 0.15) is 15.9 Å². The van der Waals surface area contributed by atoms with Crippen molar-refractivity contribution < 1.29 is 13.9 Å². The molecule has 0 aliphatic carbocycles. The quantitative estimate of drug-likeness (QED) is 0.616. The molecule has 0 aliphatic rings. The predicted molar refractivity (Wildman–Crippen MR) is 72.6 cm³/mol. The number of nitrogens with two attached hydrogens (primary N) is 1. The highest BCUT2D eigenvalue weighted by Crippen LogP contribution is 2.18. The molecular weight excluding hydrogens is 281 g/mol. The fourth-order valence-electron chi connectivity index (χ4n) is 1.89. The molecule has 0 unspecified atom stereocenters. The van der Waals surface area contributed by atoms with E-state index in [1.54, 1.807) is 12.1 Å². The molecule has 1 aromatic heterocycles. The maximum Gasteiger partial charge on any atom is 0.340 e. The highest BCUT2D eigenvalue weighted by Gasteiger charge is 2.16. The van der Waals surface area contributed by atoms with E-state index in [0.29, 0.717) is 5.56 Å². The van der Waals surface area contributed by atoms with Crippen LogP contribution in [0.15, 0.2) is 34.0 Å². The first-order valence-electron chi connectivity index (χ1n) is 5.89. The van der Waals surface area contributed by atoms with Gasteiger partial charge >= 0.3 is 11.7 Å². The van der Waals surface area contributed by atoms with Crippen LogP contribution in [0.2, 0.25) is 0 Å². The van der Waals surface area contributed by atoms with E-state index in [9.17, 15) is 18.8 Å². The van der Waals surface area contributed by atoms with Gasteiger partial charge in [-0.2, -0.15) is 4.39 Å². The van der Waals surface area contributed by atoms with Crippen LogP contribution in [0, 0.1) is 5.82 Å². The van der Waals surface area contributed by atoms with E-state index in [0.717, 1.165) is 10.8 Å². The normalized spacial score (nSPS) is 10.4. The second kappa shape index (κ2) is 5.61. The molecule has 0 bridgehead atoms. The van der Waals surface area contributed by atoms with Gasteiger partial charge in [0.1, 0.15) is 0 Å². The number of aromatic nitrogens is 2. The zero-order valence-electron chi connectivity index (χ0n) is 11.1. The summed E-state index contributed by atoms with van der Waals surface area (Å²) in [7, 11) is 1.20. The number of esters is 1. The van der Waals surface area contributed by atoms with Crippen LogP contribution in [0.4, 0.5) is 10.1 Å². The Bertz CT molecular complexity index is 810. The van der Waals surface area contributed by atoms with Gasteiger partial charge in [-0.15, -0.1) is 0 Å². The fraction of sp³-hybridized carbons (Fsp3) is 0.154. The lowest BCUT2D eigenvalue weighted by molar-refractivity contribution is 0.0600. The van der Waals surface area contributed by atoms with Crippen LogP contribution >= 0.6 is 0 Å². The summed E-state index contributed by atoms with van der Waals surface area (Å²) in [6.07, 6.45) is 0.769. The summed E-state index contributed by atoms with van der Waals surface area (Å²) < 4.78 is 18.8. The number of H-pyrrole nitrogens is 1. The summed E-state index contributed by atoms with van der Waals surface area (Å²) >= 11 is 0. The van der Waals surface area contributed by atoms with Gasteiger partial charge in [0.15, 0.2) is 0 Å². The highest BCUT2D eigenvalue weighted by atomic mass is 19.1. The van der Waals surface area contributed by atoms with Crippen LogP contribution in [0.3, 0.4) is 0 Å². The van der Waals surface area contributed by atoms with Crippen molar-refractivity contribution in [2.24, 2.45) is 0 Å². The Morgan fingerprint density at radius 3 is 2.81 bits per heavy atom. The second-order valence-electron chi connectivity index (χ2n) is 4.24. The third-order valence-electron chi connectivity index (χ3n) is 2.88. The van der Waals surface area contributed by atoms with Crippen molar-refractivity contribution in [2.75, 3.05) is 12.8 Å². The number of aromatic amines is 1. The molecule has 1 aromatic carbocycles. The van der Waals surface area contributed by atoms with Gasteiger partial charge in [-0.05, 0) is 11.6 Å². The average molecular weight is 293 g/mol. The summed E-state index contributed by atoms with van der Waals surface area (Å²) in [5, 5.41) is 0. The number of nitrogens with zero attached hydrogens (tertiary/aromatic N) is 1. The van der Waals surface area contributed by atoms with E-state index >= 15 is 0 Å². The number of anilines is 1. The molecule has 0 spiro atoms. The number of hydrogen-bond donors (Lipinski definition) is 2. The molecule has 0 saturated carbocycles. The summed E-state index contributed by atoms with van der Waals surface area (Å²) in [5.74, 6) is -1.76. The lowest BCUT2D eigenvalue weighted by Crippen LogP contribution is -2.32. The van der Waals surface area contributed by atoms with Crippen LogP contribution < -0.4 is 17.0 Å². The van der Waals surface area contributed by atoms with E-state index < -0.39 is 23.0 Å². The number of methoxy groups -OCH3 is 1. The van der Waals surface area contributed by atoms with Crippen molar-refractivity contribution in [1.29, 1.82) is 0 Å². The van der Waals surface area contributed by atoms with Crippen LogP contribution in [-0.4, -0.2) is 22.6 Å². The summed E-state index contributed by atoms with van der Waals surface area (Å²) in [4.78, 5) is 36.2. The molecule has 0 fully saturated rings. The Hall–Kier alpha value is -2.90. The van der Waals surface area contributed by atoms with Crippen molar-refractivity contribution in [2.45, 2.75) is 6.54 Å². The monoisotopic (exact) mass is 293 g/mol. The highest BCUT2D eigenvalue weighted by molar-refractivity contribution is 5.96. The van der Waals surface area contributed by atoms with Gasteiger partial charge in [0.05, 0.1) is 25.4 Å². The molecule has 21 heavy (non-hydrogen) atoms. The van der Waals surface area contributed by atoms with Crippen molar-refractivity contribution in [3.8, 4) is 0 Å². The number of carbonyl (C=O) groups is 1. The van der Waals surface area contributed by atoms with Crippen LogP contribution in [0.5, 0.6) is 0 Å². The standard InChI is InChI=1S/C13H12FN3O4/c1-21-12(19)10-7(3-2-4-9(10)15)5-17-6-8(14)11(18)16-13(17)20/h2-4,6H,5,15H2,1H3,(H,16,18,20). The van der Waals surface area contributed by atoms with Gasteiger partial charge in [-0.1, -0.05) is 12.1 Å². The molecule has 0 saturated heterocycles. The van der Waals surface area contributed by atoms with Crippen molar-refractivity contribution in [3.05, 3.63) is 62.2 Å². The number of nitrogen functional groups attached to an aromatic ring is 1. The molecule has 0 atom stereocenters. The first-order valence-corrected chi connectivity index (χ1v) is 5.89. The minimum atomic E-state index is -1.10. The van der Waals surface area contributed by atoms with Gasteiger partial charge in [0.25, 0.3) is 5.56 Å². The maximum absolute atomic E-state index is 13.2. The Kier molecular flexibility index (Phi) is 3.88. The van der Waals surface area contributed by atoms with Crippen molar-refractivity contribution in [3.63, 3.8) is 0 Å². The molecule has 1 heterocycles. The van der Waals surface area contributed by atoms with E-state index in [-0.39, 0.29) is 17.8 Å². The molecular formula is C13H12FN3O4. The van der Waals surface area contributed by atoms with E-state index in [2.05, 4.69) is 4.74 Å². The van der Waals surface area contributed by atoms with E-state index in [1.807, 2.05) is 4.98 Å². The molecule has 3 N–H and O–H groups in total. The molecule has 0 radical (unpaired) electrons. The lowest BCUT2D eigenvalue weighted by Gasteiger charge is -2.11. The summed E-state index contributed by atoms with van der Waals surface area (Å²) in [6, 6.07) is 4.65. The van der Waals surface area contributed by atoms with E-state index in [1.165, 1.54) is 13.2 Å². The zero-order chi connectivity index (χ0) is 15.6. The Labute approximate surface area is 117 Å². The molecule has 8 heteroatoms. The zero-order valence-corrected chi connectivity index (χ0v) is 11.1. The van der Waals surface area contributed by atoms with Crippen molar-refractivity contribution in [1.82, 2.24) is 9.55 Å². The molecule has 0 amide bonds. The van der Waals surface area contributed by atoms with E-state index in [4.69, 9.17) is 5.73 Å². The number of ether oxygens (including phenoxy) is 1. The largest absolute Gasteiger partial charge is 0.465 e. The smallest absolute Gasteiger partial charge is 0.340 e. The van der Waals surface area contributed by atoms with Crippen LogP contribution in [-0.2, 0) is 11.3 Å². The molecule has 7 nitrogen and oxygen atoms in total. The van der Waals surface area contributed by atoms with Gasteiger partial charge in [-0.3, -0.25) is 14.3 Å². The van der Waals surface area contributed by atoms with Gasteiger partial charge < -0.3 is 10.5 Å². The van der Waals surface area contributed by atoms with Gasteiger partial charge in [0, 0.05) is 5.69 Å². The first kappa shape index (κ1) is 14.5. The maximum atomic E-state index is 13.2. The predicted octanol–water partition coefficient (Wildman–Crippen LogP) is 0.0928. The fourth-order valence-corrected chi connectivity index (χ4v) is 1.89. The number of carbonyl (C=O) groups excluding carboxylic acids is 1. The molecule has 2 rings (SSSR count). The number of halogens is 1. The van der Waals surface area contributed by atoms with Crippen molar-refractivity contribution >= 4 is 11.7 Å². The number of hydrogen-bond acceptors (Lipinski definition) is 5. The lowest BCUT2D eigenvalue weighted by atomic mass is 10.1. The summed E-state index contributed by atoms with van der Waals surface area (Å²) in [6.45, 7) is -0.137. The number of nitrogens with one attached hydrogen (secondary N) is 1. The SMILES string of the molecule is COC(=O)c1c(N)cccc1Cn1cc(F)c(=O)[nH]c1=O. The Balaban J connectivity index is 2.53.